The normalized spacial score (nSPS) is 12.0. The number of nitrogens with zero attached hydrogens (tertiary/aromatic N) is 4. The monoisotopic (exact) mass is 866 g/mol. The first kappa shape index (κ1) is 38.4. The molecule has 4 nitrogen and oxygen atoms in total. The lowest BCUT2D eigenvalue weighted by Crippen LogP contribution is -2.01. The molecule has 14 aromatic rings. The summed E-state index contributed by atoms with van der Waals surface area (Å²) < 4.78 is 4.83. The van der Waals surface area contributed by atoms with Crippen molar-refractivity contribution < 1.29 is 0 Å². The molecule has 0 atom stereocenters. The van der Waals surface area contributed by atoms with E-state index in [1.165, 1.54) is 98.7 Å². The Hall–Kier alpha value is -8.86. The van der Waals surface area contributed by atoms with E-state index in [9.17, 15) is 0 Å². The first-order valence-electron chi connectivity index (χ1n) is 23.4. The molecule has 0 radical (unpaired) electrons. The first-order chi connectivity index (χ1) is 33.6. The van der Waals surface area contributed by atoms with Crippen LogP contribution >= 0.6 is 0 Å². The summed E-state index contributed by atoms with van der Waals surface area (Å²) in [5.41, 5.74) is 18.4. The maximum atomic E-state index is 5.18. The van der Waals surface area contributed by atoms with Gasteiger partial charge in [0.25, 0.3) is 0 Å². The number of aromatic nitrogens is 4. The third-order valence-corrected chi connectivity index (χ3v) is 14.5. The summed E-state index contributed by atoms with van der Waals surface area (Å²) in [7, 11) is 0. The average molecular weight is 867 g/mol. The minimum atomic E-state index is 0.949. The third-order valence-electron chi connectivity index (χ3n) is 14.5. The molecule has 4 aromatic heterocycles. The molecule has 10 aromatic carbocycles. The fourth-order valence-electron chi connectivity index (χ4n) is 11.4. The zero-order chi connectivity index (χ0) is 45.0. The molecule has 4 heterocycles. The molecule has 0 amide bonds. The van der Waals surface area contributed by atoms with E-state index < -0.39 is 0 Å². The van der Waals surface area contributed by atoms with Crippen LogP contribution in [0.3, 0.4) is 0 Å². The van der Waals surface area contributed by atoms with Gasteiger partial charge in [0.05, 0.1) is 22.4 Å². The summed E-state index contributed by atoms with van der Waals surface area (Å²) in [6.07, 6.45) is 3.86. The minimum absolute atomic E-state index is 0.949. The van der Waals surface area contributed by atoms with E-state index in [4.69, 9.17) is 9.97 Å². The Balaban J connectivity index is 1.06. The van der Waals surface area contributed by atoms with Crippen LogP contribution in [0.5, 0.6) is 0 Å². The summed E-state index contributed by atoms with van der Waals surface area (Å²) in [5, 5.41) is 12.1. The molecule has 0 aliphatic rings. The summed E-state index contributed by atoms with van der Waals surface area (Å²) in [6, 6.07) is 75.3. The number of fused-ring (bicyclic) bond motifs is 8. The molecule has 0 bridgehead atoms. The Bertz CT molecular complexity index is 4020. The molecule has 0 spiro atoms. The average Bonchev–Trinajstić information content (AvgIpc) is 3.91. The smallest absolute Gasteiger partial charge is 0.145 e. The van der Waals surface area contributed by atoms with Crippen LogP contribution in [-0.2, 0) is 0 Å². The zero-order valence-corrected chi connectivity index (χ0v) is 37.6. The lowest BCUT2D eigenvalue weighted by molar-refractivity contribution is 1.12. The highest BCUT2D eigenvalue weighted by molar-refractivity contribution is 6.37. The van der Waals surface area contributed by atoms with Crippen molar-refractivity contribution >= 4 is 76.2 Å². The number of rotatable bonds is 6. The molecule has 0 aliphatic carbocycles. The van der Waals surface area contributed by atoms with E-state index in [0.29, 0.717) is 0 Å². The highest BCUT2D eigenvalue weighted by Gasteiger charge is 2.25. The number of pyridine rings is 2. The van der Waals surface area contributed by atoms with Gasteiger partial charge in [0.2, 0.25) is 0 Å². The van der Waals surface area contributed by atoms with Crippen molar-refractivity contribution in [1.29, 1.82) is 0 Å². The first-order valence-corrected chi connectivity index (χ1v) is 23.4. The minimum Gasteiger partial charge on any atom is -0.294 e. The van der Waals surface area contributed by atoms with E-state index in [1.54, 1.807) is 0 Å². The van der Waals surface area contributed by atoms with Crippen LogP contribution in [0.15, 0.2) is 219 Å². The van der Waals surface area contributed by atoms with Crippen molar-refractivity contribution in [2.24, 2.45) is 0 Å². The van der Waals surface area contributed by atoms with E-state index in [1.807, 2.05) is 12.4 Å². The lowest BCUT2D eigenvalue weighted by Gasteiger charge is -2.19. The van der Waals surface area contributed by atoms with Gasteiger partial charge in [-0.05, 0) is 162 Å². The number of hydrogen-bond acceptors (Lipinski definition) is 2. The Morgan fingerprint density at radius 3 is 1.09 bits per heavy atom. The van der Waals surface area contributed by atoms with Gasteiger partial charge >= 0.3 is 0 Å². The quantitative estimate of drug-likeness (QED) is 0.156. The Labute approximate surface area is 393 Å². The molecule has 318 valence electrons. The molecule has 0 saturated heterocycles. The Morgan fingerprint density at radius 2 is 0.691 bits per heavy atom. The largest absolute Gasteiger partial charge is 0.294 e. The highest BCUT2D eigenvalue weighted by Crippen LogP contribution is 2.48. The molecule has 68 heavy (non-hydrogen) atoms. The Kier molecular flexibility index (Phi) is 8.38. The van der Waals surface area contributed by atoms with Crippen molar-refractivity contribution in [2.45, 2.75) is 13.8 Å². The third kappa shape index (κ3) is 5.61. The van der Waals surface area contributed by atoms with Crippen LogP contribution < -0.4 is 0 Å². The van der Waals surface area contributed by atoms with Gasteiger partial charge in [0.15, 0.2) is 0 Å². The molecule has 0 fully saturated rings. The fourth-order valence-corrected chi connectivity index (χ4v) is 11.4. The van der Waals surface area contributed by atoms with Crippen LogP contribution in [0.4, 0.5) is 0 Å². The summed E-state index contributed by atoms with van der Waals surface area (Å²) in [4.78, 5) is 10.4. The zero-order valence-electron chi connectivity index (χ0n) is 37.6. The SMILES string of the molecule is Cc1c(-c2ccccc2)cc(-c2ccccc2)cc1-n1c2cc3ccc4c5c(ccc(c35)c2c2cccnc21)cc1c4c2cccnc2n1-c1cc(-c2ccccc2)cc(-c2ccccc2)c1C. The Morgan fingerprint density at radius 1 is 0.309 bits per heavy atom. The van der Waals surface area contributed by atoms with Crippen molar-refractivity contribution in [3.05, 3.63) is 230 Å². The van der Waals surface area contributed by atoms with Gasteiger partial charge in [-0.25, -0.2) is 9.97 Å². The second-order valence-corrected chi connectivity index (χ2v) is 18.2. The summed E-state index contributed by atoms with van der Waals surface area (Å²) in [6.45, 7) is 4.52. The molecular weight excluding hydrogens is 825 g/mol. The molecule has 14 rings (SSSR count). The van der Waals surface area contributed by atoms with Crippen LogP contribution in [0.25, 0.3) is 132 Å². The summed E-state index contributed by atoms with van der Waals surface area (Å²) >= 11 is 0. The van der Waals surface area contributed by atoms with Crippen LogP contribution in [0.1, 0.15) is 11.1 Å². The van der Waals surface area contributed by atoms with Gasteiger partial charge in [0, 0.05) is 33.9 Å². The van der Waals surface area contributed by atoms with Gasteiger partial charge in [-0.1, -0.05) is 146 Å². The maximum Gasteiger partial charge on any atom is 0.145 e. The highest BCUT2D eigenvalue weighted by atomic mass is 15.1. The van der Waals surface area contributed by atoms with Crippen molar-refractivity contribution in [1.82, 2.24) is 19.1 Å². The van der Waals surface area contributed by atoms with E-state index in [0.717, 1.165) is 44.5 Å². The molecule has 0 saturated carbocycles. The van der Waals surface area contributed by atoms with E-state index in [2.05, 4.69) is 229 Å². The van der Waals surface area contributed by atoms with Crippen LogP contribution in [0, 0.1) is 13.8 Å². The lowest BCUT2D eigenvalue weighted by atomic mass is 9.90. The van der Waals surface area contributed by atoms with Crippen molar-refractivity contribution in [2.75, 3.05) is 0 Å². The predicted molar refractivity (Wildman–Crippen MR) is 286 cm³/mol. The van der Waals surface area contributed by atoms with Gasteiger partial charge in [-0.3, -0.25) is 9.13 Å². The van der Waals surface area contributed by atoms with E-state index >= 15 is 0 Å². The molecule has 0 N–H and O–H groups in total. The topological polar surface area (TPSA) is 35.6 Å². The van der Waals surface area contributed by atoms with Gasteiger partial charge < -0.3 is 0 Å². The molecule has 0 aliphatic heterocycles. The fraction of sp³-hybridized carbons (Fsp3) is 0.0312. The van der Waals surface area contributed by atoms with Crippen molar-refractivity contribution in [3.8, 4) is 55.9 Å². The van der Waals surface area contributed by atoms with Gasteiger partial charge in [-0.2, -0.15) is 0 Å². The number of hydrogen-bond donors (Lipinski definition) is 0. The molecule has 0 unspecified atom stereocenters. The van der Waals surface area contributed by atoms with Gasteiger partial charge in [0.1, 0.15) is 11.3 Å². The van der Waals surface area contributed by atoms with Crippen molar-refractivity contribution in [3.63, 3.8) is 0 Å². The van der Waals surface area contributed by atoms with Gasteiger partial charge in [-0.15, -0.1) is 0 Å². The van der Waals surface area contributed by atoms with E-state index in [-0.39, 0.29) is 0 Å². The maximum absolute atomic E-state index is 5.18. The van der Waals surface area contributed by atoms with Crippen LogP contribution in [-0.4, -0.2) is 19.1 Å². The van der Waals surface area contributed by atoms with Crippen LogP contribution in [0.2, 0.25) is 0 Å². The second kappa shape index (κ2) is 14.8. The predicted octanol–water partition coefficient (Wildman–Crippen LogP) is 16.9. The second-order valence-electron chi connectivity index (χ2n) is 18.2. The summed E-state index contributed by atoms with van der Waals surface area (Å²) in [5.74, 6) is 0. The number of benzene rings is 10. The molecular formula is C64H42N4. The standard InChI is InChI=1S/C64H42N4/c1-39-53(43-21-11-5-12-22-43)33-47(41-17-7-3-8-18-41)37-55(39)67-57-35-45-27-30-50-60-46(28-29-49(59(45)60)61(57)51-25-15-31-65-63(51)67)36-58-62(50)52-26-16-32-66-64(52)68(58)56-38-48(42-19-9-4-10-20-42)34-54(40(56)2)44-23-13-6-14-24-44/h3-38H,1-2H3. The molecule has 4 heteroatoms.